The number of rotatable bonds is 4. The number of amides is 1. The Bertz CT molecular complexity index is 673. The van der Waals surface area contributed by atoms with Crippen LogP contribution in [0, 0.1) is 0 Å². The normalized spacial score (nSPS) is 10.4. The topological polar surface area (TPSA) is 55.1 Å². The number of nitrogens with one attached hydrogen (secondary N) is 1. The third-order valence-corrected chi connectivity index (χ3v) is 3.72. The molecular formula is C15H12N2O2S. The van der Waals surface area contributed by atoms with Gasteiger partial charge in [-0.25, -0.2) is 0 Å². The standard InChI is InChI=1S/C15H12N2O2S/c18-15(17-9-13-2-1-7-20-13)11-3-4-14(16-8-11)12-5-6-19-10-12/h1-8,10H,9H2,(H,17,18). The van der Waals surface area contributed by atoms with Crippen LogP contribution in [0.15, 0.2) is 58.9 Å². The first kappa shape index (κ1) is 12.6. The second-order valence-corrected chi connectivity index (χ2v) is 5.24. The predicted molar refractivity (Wildman–Crippen MR) is 77.4 cm³/mol. The molecule has 3 aromatic heterocycles. The lowest BCUT2D eigenvalue weighted by atomic mass is 10.2. The minimum Gasteiger partial charge on any atom is -0.472 e. The Hall–Kier alpha value is -2.40. The Labute approximate surface area is 120 Å². The van der Waals surface area contributed by atoms with Crippen molar-refractivity contribution in [2.24, 2.45) is 0 Å². The highest BCUT2D eigenvalue weighted by molar-refractivity contribution is 7.09. The summed E-state index contributed by atoms with van der Waals surface area (Å²) in [5, 5.41) is 4.86. The van der Waals surface area contributed by atoms with Crippen molar-refractivity contribution in [1.29, 1.82) is 0 Å². The Kier molecular flexibility index (Phi) is 3.60. The molecule has 3 rings (SSSR count). The van der Waals surface area contributed by atoms with Crippen molar-refractivity contribution in [1.82, 2.24) is 10.3 Å². The summed E-state index contributed by atoms with van der Waals surface area (Å²) in [7, 11) is 0. The highest BCUT2D eigenvalue weighted by Gasteiger charge is 2.07. The van der Waals surface area contributed by atoms with Crippen LogP contribution in [0.2, 0.25) is 0 Å². The smallest absolute Gasteiger partial charge is 0.253 e. The lowest BCUT2D eigenvalue weighted by Gasteiger charge is -2.04. The Morgan fingerprint density at radius 1 is 1.30 bits per heavy atom. The van der Waals surface area contributed by atoms with E-state index in [1.807, 2.05) is 29.6 Å². The van der Waals surface area contributed by atoms with Gasteiger partial charge in [0.15, 0.2) is 0 Å². The fraction of sp³-hybridized carbons (Fsp3) is 0.0667. The zero-order chi connectivity index (χ0) is 13.8. The van der Waals surface area contributed by atoms with E-state index in [0.717, 1.165) is 16.1 Å². The molecule has 0 aliphatic rings. The van der Waals surface area contributed by atoms with E-state index in [1.54, 1.807) is 36.1 Å². The highest BCUT2D eigenvalue weighted by Crippen LogP contribution is 2.17. The van der Waals surface area contributed by atoms with Crippen LogP contribution >= 0.6 is 11.3 Å². The van der Waals surface area contributed by atoms with Gasteiger partial charge in [-0.3, -0.25) is 9.78 Å². The molecule has 0 atom stereocenters. The number of nitrogens with zero attached hydrogens (tertiary/aromatic N) is 1. The number of hydrogen-bond donors (Lipinski definition) is 1. The van der Waals surface area contributed by atoms with Crippen molar-refractivity contribution in [3.8, 4) is 11.3 Å². The van der Waals surface area contributed by atoms with E-state index in [1.165, 1.54) is 0 Å². The molecule has 4 nitrogen and oxygen atoms in total. The van der Waals surface area contributed by atoms with Crippen LogP contribution in [-0.2, 0) is 6.54 Å². The number of aromatic nitrogens is 1. The Balaban J connectivity index is 1.66. The molecule has 0 fully saturated rings. The Morgan fingerprint density at radius 3 is 2.90 bits per heavy atom. The van der Waals surface area contributed by atoms with Crippen LogP contribution in [0.1, 0.15) is 15.2 Å². The van der Waals surface area contributed by atoms with E-state index in [2.05, 4.69) is 10.3 Å². The number of furan rings is 1. The molecule has 0 aromatic carbocycles. The molecular weight excluding hydrogens is 272 g/mol. The molecule has 5 heteroatoms. The molecule has 0 saturated carbocycles. The molecule has 3 heterocycles. The minimum absolute atomic E-state index is 0.121. The van der Waals surface area contributed by atoms with Gasteiger partial charge in [-0.05, 0) is 29.6 Å². The summed E-state index contributed by atoms with van der Waals surface area (Å²) in [6.07, 6.45) is 4.80. The van der Waals surface area contributed by atoms with Gasteiger partial charge in [-0.2, -0.15) is 0 Å². The summed E-state index contributed by atoms with van der Waals surface area (Å²) < 4.78 is 5.01. The summed E-state index contributed by atoms with van der Waals surface area (Å²) in [5.74, 6) is -0.121. The number of carbonyl (C=O) groups is 1. The summed E-state index contributed by atoms with van der Waals surface area (Å²) >= 11 is 1.62. The van der Waals surface area contributed by atoms with E-state index >= 15 is 0 Å². The van der Waals surface area contributed by atoms with Gasteiger partial charge in [-0.1, -0.05) is 6.07 Å². The van der Waals surface area contributed by atoms with Gasteiger partial charge in [-0.15, -0.1) is 11.3 Å². The first-order valence-corrected chi connectivity index (χ1v) is 7.00. The van der Waals surface area contributed by atoms with Crippen LogP contribution in [0.4, 0.5) is 0 Å². The van der Waals surface area contributed by atoms with Crippen molar-refractivity contribution in [3.05, 3.63) is 64.9 Å². The maximum atomic E-state index is 12.0. The quantitative estimate of drug-likeness (QED) is 0.799. The number of thiophene rings is 1. The third-order valence-electron chi connectivity index (χ3n) is 2.85. The fourth-order valence-corrected chi connectivity index (χ4v) is 2.44. The largest absolute Gasteiger partial charge is 0.472 e. The lowest BCUT2D eigenvalue weighted by molar-refractivity contribution is 0.0951. The molecule has 0 spiro atoms. The number of carbonyl (C=O) groups excluding carboxylic acids is 1. The van der Waals surface area contributed by atoms with Crippen LogP contribution in [0.5, 0.6) is 0 Å². The summed E-state index contributed by atoms with van der Waals surface area (Å²) in [4.78, 5) is 17.4. The molecule has 0 aliphatic carbocycles. The molecule has 0 aliphatic heterocycles. The molecule has 20 heavy (non-hydrogen) atoms. The zero-order valence-corrected chi connectivity index (χ0v) is 11.4. The SMILES string of the molecule is O=C(NCc1cccs1)c1ccc(-c2ccoc2)nc1. The summed E-state index contributed by atoms with van der Waals surface area (Å²) in [6.45, 7) is 0.542. The Morgan fingerprint density at radius 2 is 2.25 bits per heavy atom. The molecule has 1 amide bonds. The van der Waals surface area contributed by atoms with E-state index < -0.39 is 0 Å². The van der Waals surface area contributed by atoms with Gasteiger partial charge in [0.2, 0.25) is 0 Å². The van der Waals surface area contributed by atoms with Gasteiger partial charge in [0.25, 0.3) is 5.91 Å². The van der Waals surface area contributed by atoms with Crippen molar-refractivity contribution >= 4 is 17.2 Å². The minimum atomic E-state index is -0.121. The molecule has 0 saturated heterocycles. The van der Waals surface area contributed by atoms with E-state index in [9.17, 15) is 4.79 Å². The average Bonchev–Trinajstić information content (AvgIpc) is 3.18. The first-order chi connectivity index (χ1) is 9.83. The summed E-state index contributed by atoms with van der Waals surface area (Å²) in [5.41, 5.74) is 2.23. The average molecular weight is 284 g/mol. The molecule has 1 N–H and O–H groups in total. The third kappa shape index (κ3) is 2.78. The fourth-order valence-electron chi connectivity index (χ4n) is 1.79. The van der Waals surface area contributed by atoms with Crippen LogP contribution in [-0.4, -0.2) is 10.9 Å². The zero-order valence-electron chi connectivity index (χ0n) is 10.6. The highest BCUT2D eigenvalue weighted by atomic mass is 32.1. The first-order valence-electron chi connectivity index (χ1n) is 6.12. The van der Waals surface area contributed by atoms with E-state index in [-0.39, 0.29) is 5.91 Å². The van der Waals surface area contributed by atoms with Crippen LogP contribution < -0.4 is 5.32 Å². The monoisotopic (exact) mass is 284 g/mol. The van der Waals surface area contributed by atoms with Crippen molar-refractivity contribution < 1.29 is 9.21 Å². The van der Waals surface area contributed by atoms with Crippen molar-refractivity contribution in [2.45, 2.75) is 6.54 Å². The molecule has 0 unspecified atom stereocenters. The second-order valence-electron chi connectivity index (χ2n) is 4.21. The molecule has 100 valence electrons. The van der Waals surface area contributed by atoms with Gasteiger partial charge in [0, 0.05) is 16.6 Å². The van der Waals surface area contributed by atoms with Crippen LogP contribution in [0.25, 0.3) is 11.3 Å². The second kappa shape index (κ2) is 5.71. The van der Waals surface area contributed by atoms with Gasteiger partial charge in [0.05, 0.1) is 30.3 Å². The van der Waals surface area contributed by atoms with Gasteiger partial charge in [0.1, 0.15) is 0 Å². The maximum absolute atomic E-state index is 12.0. The molecule has 0 radical (unpaired) electrons. The predicted octanol–water partition coefficient (Wildman–Crippen LogP) is 3.33. The van der Waals surface area contributed by atoms with Crippen LogP contribution in [0.3, 0.4) is 0 Å². The van der Waals surface area contributed by atoms with Crippen molar-refractivity contribution in [2.75, 3.05) is 0 Å². The summed E-state index contributed by atoms with van der Waals surface area (Å²) in [6, 6.07) is 9.36. The molecule has 3 aromatic rings. The van der Waals surface area contributed by atoms with E-state index in [0.29, 0.717) is 12.1 Å². The van der Waals surface area contributed by atoms with Gasteiger partial charge < -0.3 is 9.73 Å². The van der Waals surface area contributed by atoms with E-state index in [4.69, 9.17) is 4.42 Å². The molecule has 0 bridgehead atoms. The lowest BCUT2D eigenvalue weighted by Crippen LogP contribution is -2.22. The van der Waals surface area contributed by atoms with Crippen molar-refractivity contribution in [3.63, 3.8) is 0 Å². The number of pyridine rings is 1. The number of hydrogen-bond acceptors (Lipinski definition) is 4. The maximum Gasteiger partial charge on any atom is 0.253 e. The van der Waals surface area contributed by atoms with Gasteiger partial charge >= 0.3 is 0 Å².